The lowest BCUT2D eigenvalue weighted by atomic mass is 10.0. The molecule has 0 aliphatic carbocycles. The summed E-state index contributed by atoms with van der Waals surface area (Å²) in [5.41, 5.74) is 3.09. The van der Waals surface area contributed by atoms with Crippen LogP contribution in [0.25, 0.3) is 0 Å². The maximum absolute atomic E-state index is 12.2. The SMILES string of the molecule is Cc1ccc(C(C)C)c(Oc2ccc(NC(=O)CCC(=O)OCC(=O)Nc3cc(Cl)ccc3Cl)cc2)c1. The van der Waals surface area contributed by atoms with Crippen molar-refractivity contribution >= 4 is 52.4 Å². The van der Waals surface area contributed by atoms with E-state index in [0.717, 1.165) is 16.9 Å². The number of carbonyl (C=O) groups is 3. The van der Waals surface area contributed by atoms with E-state index < -0.39 is 18.5 Å². The Balaban J connectivity index is 1.43. The van der Waals surface area contributed by atoms with Crippen molar-refractivity contribution in [3.05, 3.63) is 81.8 Å². The third kappa shape index (κ3) is 8.81. The van der Waals surface area contributed by atoms with Crippen LogP contribution in [0.5, 0.6) is 11.5 Å². The molecule has 0 saturated heterocycles. The number of benzene rings is 3. The van der Waals surface area contributed by atoms with Crippen molar-refractivity contribution in [2.75, 3.05) is 17.2 Å². The van der Waals surface area contributed by atoms with Gasteiger partial charge in [-0.3, -0.25) is 14.4 Å². The zero-order chi connectivity index (χ0) is 26.9. The van der Waals surface area contributed by atoms with Crippen LogP contribution in [-0.4, -0.2) is 24.4 Å². The number of carbonyl (C=O) groups excluding carboxylic acids is 3. The average molecular weight is 543 g/mol. The Bertz CT molecular complexity index is 1280. The summed E-state index contributed by atoms with van der Waals surface area (Å²) in [4.78, 5) is 36.2. The van der Waals surface area contributed by atoms with E-state index in [1.165, 1.54) is 12.1 Å². The first-order valence-electron chi connectivity index (χ1n) is 11.7. The highest BCUT2D eigenvalue weighted by Crippen LogP contribution is 2.32. The lowest BCUT2D eigenvalue weighted by Gasteiger charge is -2.15. The van der Waals surface area contributed by atoms with Gasteiger partial charge in [0, 0.05) is 17.1 Å². The normalized spacial score (nSPS) is 10.6. The molecule has 0 bridgehead atoms. The Hall–Kier alpha value is -3.55. The fourth-order valence-corrected chi connectivity index (χ4v) is 3.71. The average Bonchev–Trinajstić information content (AvgIpc) is 2.85. The zero-order valence-electron chi connectivity index (χ0n) is 20.8. The number of aryl methyl sites for hydroxylation is 1. The number of hydrogen-bond donors (Lipinski definition) is 2. The molecule has 3 aromatic rings. The van der Waals surface area contributed by atoms with Crippen molar-refractivity contribution in [1.82, 2.24) is 0 Å². The Labute approximate surface area is 226 Å². The van der Waals surface area contributed by atoms with E-state index in [-0.39, 0.29) is 18.7 Å². The van der Waals surface area contributed by atoms with E-state index in [1.54, 1.807) is 30.3 Å². The van der Waals surface area contributed by atoms with Gasteiger partial charge in [0.2, 0.25) is 5.91 Å². The first-order chi connectivity index (χ1) is 17.6. The highest BCUT2D eigenvalue weighted by atomic mass is 35.5. The van der Waals surface area contributed by atoms with Gasteiger partial charge in [-0.1, -0.05) is 49.2 Å². The minimum absolute atomic E-state index is 0.0974. The molecule has 2 amide bonds. The van der Waals surface area contributed by atoms with Gasteiger partial charge in [0.1, 0.15) is 11.5 Å². The third-order valence-electron chi connectivity index (χ3n) is 5.28. The topological polar surface area (TPSA) is 93.7 Å². The van der Waals surface area contributed by atoms with E-state index in [9.17, 15) is 14.4 Å². The number of halogens is 2. The van der Waals surface area contributed by atoms with Gasteiger partial charge in [-0.15, -0.1) is 0 Å². The van der Waals surface area contributed by atoms with Crippen LogP contribution in [-0.2, 0) is 19.1 Å². The molecule has 37 heavy (non-hydrogen) atoms. The second-order valence-corrected chi connectivity index (χ2v) is 9.55. The number of ether oxygens (including phenoxy) is 2. The lowest BCUT2D eigenvalue weighted by molar-refractivity contribution is -0.147. The Morgan fingerprint density at radius 2 is 1.59 bits per heavy atom. The van der Waals surface area contributed by atoms with Gasteiger partial charge < -0.3 is 20.1 Å². The molecule has 0 heterocycles. The predicted octanol–water partition coefficient (Wildman–Crippen LogP) is 7.12. The van der Waals surface area contributed by atoms with Crippen molar-refractivity contribution in [3.63, 3.8) is 0 Å². The summed E-state index contributed by atoms with van der Waals surface area (Å²) in [6.07, 6.45) is -0.274. The van der Waals surface area contributed by atoms with Gasteiger partial charge in [0.25, 0.3) is 5.91 Å². The summed E-state index contributed by atoms with van der Waals surface area (Å²) < 4.78 is 11.0. The minimum Gasteiger partial charge on any atom is -0.457 e. The molecule has 0 aliphatic heterocycles. The monoisotopic (exact) mass is 542 g/mol. The minimum atomic E-state index is -0.676. The first-order valence-corrected chi connectivity index (χ1v) is 12.4. The Kier molecular flexibility index (Phi) is 9.94. The van der Waals surface area contributed by atoms with Crippen molar-refractivity contribution in [2.24, 2.45) is 0 Å². The van der Waals surface area contributed by atoms with Gasteiger partial charge in [-0.25, -0.2) is 0 Å². The highest BCUT2D eigenvalue weighted by molar-refractivity contribution is 6.35. The fourth-order valence-electron chi connectivity index (χ4n) is 3.38. The molecule has 194 valence electrons. The second-order valence-electron chi connectivity index (χ2n) is 8.70. The molecule has 7 nitrogen and oxygen atoms in total. The van der Waals surface area contributed by atoms with Crippen LogP contribution in [0.4, 0.5) is 11.4 Å². The third-order valence-corrected chi connectivity index (χ3v) is 5.84. The largest absolute Gasteiger partial charge is 0.457 e. The van der Waals surface area contributed by atoms with Crippen LogP contribution < -0.4 is 15.4 Å². The van der Waals surface area contributed by atoms with Gasteiger partial charge in [-0.05, 0) is 72.5 Å². The Morgan fingerprint density at radius 1 is 0.865 bits per heavy atom. The van der Waals surface area contributed by atoms with Gasteiger partial charge in [0.15, 0.2) is 6.61 Å². The van der Waals surface area contributed by atoms with E-state index in [2.05, 4.69) is 36.6 Å². The maximum atomic E-state index is 12.2. The smallest absolute Gasteiger partial charge is 0.306 e. The summed E-state index contributed by atoms with van der Waals surface area (Å²) in [6, 6.07) is 17.7. The summed E-state index contributed by atoms with van der Waals surface area (Å²) in [5, 5.41) is 5.94. The van der Waals surface area contributed by atoms with Crippen LogP contribution in [0, 0.1) is 6.92 Å². The number of anilines is 2. The van der Waals surface area contributed by atoms with Crippen molar-refractivity contribution in [1.29, 1.82) is 0 Å². The molecule has 0 radical (unpaired) electrons. The van der Waals surface area contributed by atoms with Crippen LogP contribution in [0.2, 0.25) is 10.0 Å². The van der Waals surface area contributed by atoms with Gasteiger partial charge in [0.05, 0.1) is 17.1 Å². The van der Waals surface area contributed by atoms with Crippen molar-refractivity contribution in [3.8, 4) is 11.5 Å². The second kappa shape index (κ2) is 13.1. The van der Waals surface area contributed by atoms with E-state index in [0.29, 0.717) is 33.1 Å². The molecular formula is C28H28Cl2N2O5. The zero-order valence-corrected chi connectivity index (χ0v) is 22.3. The van der Waals surface area contributed by atoms with Crippen LogP contribution in [0.1, 0.15) is 43.7 Å². The highest BCUT2D eigenvalue weighted by Gasteiger charge is 2.13. The molecule has 0 unspecified atom stereocenters. The van der Waals surface area contributed by atoms with Gasteiger partial charge >= 0.3 is 5.97 Å². The molecule has 3 rings (SSSR count). The van der Waals surface area contributed by atoms with Crippen molar-refractivity contribution in [2.45, 2.75) is 39.5 Å². The fraction of sp³-hybridized carbons (Fsp3) is 0.250. The molecule has 9 heteroatoms. The van der Waals surface area contributed by atoms with Gasteiger partial charge in [-0.2, -0.15) is 0 Å². The van der Waals surface area contributed by atoms with E-state index >= 15 is 0 Å². The van der Waals surface area contributed by atoms with E-state index in [1.807, 2.05) is 13.0 Å². The molecule has 0 aromatic heterocycles. The molecule has 0 atom stereocenters. The molecule has 0 saturated carbocycles. The summed E-state index contributed by atoms with van der Waals surface area (Å²) in [5.74, 6) is 0.153. The molecule has 0 spiro atoms. The molecule has 3 aromatic carbocycles. The van der Waals surface area contributed by atoms with Crippen LogP contribution in [0.15, 0.2) is 60.7 Å². The number of nitrogens with one attached hydrogen (secondary N) is 2. The van der Waals surface area contributed by atoms with Crippen LogP contribution in [0.3, 0.4) is 0 Å². The number of amides is 2. The number of esters is 1. The number of rotatable bonds is 10. The summed E-state index contributed by atoms with van der Waals surface area (Å²) in [7, 11) is 0. The molecular weight excluding hydrogens is 515 g/mol. The molecule has 0 aliphatic rings. The van der Waals surface area contributed by atoms with Crippen LogP contribution >= 0.6 is 23.2 Å². The standard InChI is InChI=1S/C28H28Cl2N2O5/c1-17(2)22-10-4-18(3)14-25(22)37-21-8-6-20(7-9-21)31-26(33)12-13-28(35)36-16-27(34)32-24-15-19(29)5-11-23(24)30/h4-11,14-15,17H,12-13,16H2,1-3H3,(H,31,33)(H,32,34). The number of hydrogen-bond acceptors (Lipinski definition) is 5. The summed E-state index contributed by atoms with van der Waals surface area (Å²) >= 11 is 11.9. The predicted molar refractivity (Wildman–Crippen MR) is 146 cm³/mol. The maximum Gasteiger partial charge on any atom is 0.306 e. The quantitative estimate of drug-likeness (QED) is 0.266. The lowest BCUT2D eigenvalue weighted by Crippen LogP contribution is -2.22. The molecule has 2 N–H and O–H groups in total. The van der Waals surface area contributed by atoms with Crippen molar-refractivity contribution < 1.29 is 23.9 Å². The first kappa shape index (κ1) is 28.0. The Morgan fingerprint density at radius 3 is 2.30 bits per heavy atom. The molecule has 0 fully saturated rings. The summed E-state index contributed by atoms with van der Waals surface area (Å²) in [6.45, 7) is 5.72. The van der Waals surface area contributed by atoms with E-state index in [4.69, 9.17) is 32.7 Å².